The fourth-order valence-corrected chi connectivity index (χ4v) is 5.30. The lowest BCUT2D eigenvalue weighted by atomic mass is 10.1. The minimum Gasteiger partial charge on any atom is -0.497 e. The molecule has 198 valence electrons. The van der Waals surface area contributed by atoms with Crippen molar-refractivity contribution in [2.75, 3.05) is 25.1 Å². The molecule has 0 aliphatic carbocycles. The van der Waals surface area contributed by atoms with Crippen LogP contribution in [0.15, 0.2) is 71.6 Å². The molecule has 0 heterocycles. The van der Waals surface area contributed by atoms with Gasteiger partial charge in [0.1, 0.15) is 18.0 Å². The number of anilines is 1. The average Bonchev–Trinajstić information content (AvgIpc) is 2.87. The third-order valence-electron chi connectivity index (χ3n) is 5.44. The monoisotopic (exact) mass is 556 g/mol. The van der Waals surface area contributed by atoms with E-state index in [0.717, 1.165) is 12.1 Å². The number of amides is 1. The topological polar surface area (TPSA) is 84.9 Å². The smallest absolute Gasteiger partial charge is 0.416 e. The van der Waals surface area contributed by atoms with Crippen LogP contribution in [0.25, 0.3) is 0 Å². The van der Waals surface area contributed by atoms with E-state index in [1.54, 1.807) is 31.2 Å². The van der Waals surface area contributed by atoms with Crippen molar-refractivity contribution >= 4 is 33.2 Å². The highest BCUT2D eigenvalue weighted by Crippen LogP contribution is 2.37. The van der Waals surface area contributed by atoms with E-state index >= 15 is 0 Å². The summed E-state index contributed by atoms with van der Waals surface area (Å²) >= 11 is 6.16. The van der Waals surface area contributed by atoms with Crippen LogP contribution in [0.4, 0.5) is 18.9 Å². The first-order valence-corrected chi connectivity index (χ1v) is 12.7. The van der Waals surface area contributed by atoms with Crippen LogP contribution < -0.4 is 19.1 Å². The van der Waals surface area contributed by atoms with Crippen molar-refractivity contribution < 1.29 is 35.9 Å². The van der Waals surface area contributed by atoms with Gasteiger partial charge in [0.25, 0.3) is 10.0 Å². The summed E-state index contributed by atoms with van der Waals surface area (Å²) in [6.07, 6.45) is -4.76. The van der Waals surface area contributed by atoms with E-state index in [1.165, 1.54) is 38.5 Å². The van der Waals surface area contributed by atoms with E-state index in [-0.39, 0.29) is 9.92 Å². The number of halogens is 4. The van der Waals surface area contributed by atoms with E-state index in [1.807, 2.05) is 0 Å². The molecular weight excluding hydrogens is 533 g/mol. The molecule has 0 aliphatic heterocycles. The maximum atomic E-state index is 13.5. The van der Waals surface area contributed by atoms with Gasteiger partial charge >= 0.3 is 6.18 Å². The highest BCUT2D eigenvalue weighted by Gasteiger charge is 2.34. The maximum absolute atomic E-state index is 13.5. The Hall–Kier alpha value is -3.44. The fraction of sp³-hybridized carbons (Fsp3) is 0.240. The van der Waals surface area contributed by atoms with Crippen molar-refractivity contribution in [2.45, 2.75) is 24.0 Å². The number of nitrogens with one attached hydrogen (secondary N) is 1. The van der Waals surface area contributed by atoms with E-state index in [9.17, 15) is 26.4 Å². The van der Waals surface area contributed by atoms with E-state index in [2.05, 4.69) is 5.32 Å². The summed E-state index contributed by atoms with van der Waals surface area (Å²) in [5, 5.41) is 2.39. The minimum atomic E-state index is -4.76. The molecule has 3 rings (SSSR count). The van der Waals surface area contributed by atoms with Crippen molar-refractivity contribution in [3.8, 4) is 11.5 Å². The van der Waals surface area contributed by atoms with E-state index < -0.39 is 45.9 Å². The molecule has 3 aromatic rings. The Morgan fingerprint density at radius 2 is 1.70 bits per heavy atom. The molecule has 3 aromatic carbocycles. The summed E-state index contributed by atoms with van der Waals surface area (Å²) in [7, 11) is -1.56. The van der Waals surface area contributed by atoms with Crippen molar-refractivity contribution in [3.05, 3.63) is 82.9 Å². The molecule has 1 N–H and O–H groups in total. The molecule has 0 saturated heterocycles. The van der Waals surface area contributed by atoms with Gasteiger partial charge in [-0.1, -0.05) is 29.8 Å². The van der Waals surface area contributed by atoms with E-state index in [0.29, 0.717) is 27.4 Å². The molecule has 37 heavy (non-hydrogen) atoms. The zero-order valence-corrected chi connectivity index (χ0v) is 21.6. The molecule has 1 amide bonds. The van der Waals surface area contributed by atoms with Gasteiger partial charge in [-0.05, 0) is 55.5 Å². The molecular formula is C25H24ClF3N2O5S. The first-order valence-electron chi connectivity index (χ1n) is 10.8. The molecule has 0 radical (unpaired) electrons. The average molecular weight is 557 g/mol. The number of hydrogen-bond donors (Lipinski definition) is 1. The van der Waals surface area contributed by atoms with Gasteiger partial charge in [-0.3, -0.25) is 9.10 Å². The summed E-state index contributed by atoms with van der Waals surface area (Å²) < 4.78 is 78.4. The van der Waals surface area contributed by atoms with Crippen LogP contribution in [0, 0.1) is 0 Å². The highest BCUT2D eigenvalue weighted by molar-refractivity contribution is 7.92. The predicted octanol–water partition coefficient (Wildman–Crippen LogP) is 5.45. The standard InChI is InChI=1S/C25H24ClF3N2O5S/c1-16(20-14-18(35-2)10-12-23(20)36-3)30-24(32)15-31(37(33,34)19-7-5-4-6-8-19)22-13-17(25(27,28)29)9-11-21(22)26/h4-14,16H,15H2,1-3H3,(H,30,32). The van der Waals surface area contributed by atoms with Crippen LogP contribution in [-0.2, 0) is 21.0 Å². The Balaban J connectivity index is 2.01. The predicted molar refractivity (Wildman–Crippen MR) is 134 cm³/mol. The summed E-state index contributed by atoms with van der Waals surface area (Å²) in [6.45, 7) is 0.803. The summed E-state index contributed by atoms with van der Waals surface area (Å²) in [4.78, 5) is 12.9. The number of rotatable bonds is 9. The number of carbonyl (C=O) groups is 1. The highest BCUT2D eigenvalue weighted by atomic mass is 35.5. The Morgan fingerprint density at radius 3 is 2.30 bits per heavy atom. The zero-order valence-electron chi connectivity index (χ0n) is 20.0. The fourth-order valence-electron chi connectivity index (χ4n) is 3.57. The van der Waals surface area contributed by atoms with Gasteiger partial charge in [-0.2, -0.15) is 13.2 Å². The van der Waals surface area contributed by atoms with Crippen LogP contribution in [0.5, 0.6) is 11.5 Å². The molecule has 1 unspecified atom stereocenters. The second-order valence-electron chi connectivity index (χ2n) is 7.89. The van der Waals surface area contributed by atoms with Gasteiger partial charge < -0.3 is 14.8 Å². The van der Waals surface area contributed by atoms with Crippen molar-refractivity contribution in [2.24, 2.45) is 0 Å². The van der Waals surface area contributed by atoms with Crippen molar-refractivity contribution in [1.29, 1.82) is 0 Å². The second kappa shape index (κ2) is 11.3. The summed E-state index contributed by atoms with van der Waals surface area (Å²) in [5.41, 5.74) is -1.05. The zero-order chi connectivity index (χ0) is 27.4. The normalized spacial score (nSPS) is 12.5. The quantitative estimate of drug-likeness (QED) is 0.379. The third-order valence-corrected chi connectivity index (χ3v) is 7.54. The van der Waals surface area contributed by atoms with Gasteiger partial charge in [0.05, 0.1) is 41.4 Å². The molecule has 0 aliphatic rings. The number of sulfonamides is 1. The van der Waals surface area contributed by atoms with Crippen LogP contribution in [0.3, 0.4) is 0 Å². The van der Waals surface area contributed by atoms with Crippen molar-refractivity contribution in [3.63, 3.8) is 0 Å². The van der Waals surface area contributed by atoms with E-state index in [4.69, 9.17) is 21.1 Å². The molecule has 0 bridgehead atoms. The number of alkyl halides is 3. The summed E-state index contributed by atoms with van der Waals surface area (Å²) in [6, 6.07) is 13.6. The number of hydrogen-bond acceptors (Lipinski definition) is 5. The molecule has 0 saturated carbocycles. The third kappa shape index (κ3) is 6.47. The minimum absolute atomic E-state index is 0.223. The number of nitrogens with zero attached hydrogens (tertiary/aromatic N) is 1. The summed E-state index contributed by atoms with van der Waals surface area (Å²) in [5.74, 6) is 0.162. The molecule has 0 fully saturated rings. The second-order valence-corrected chi connectivity index (χ2v) is 10.2. The Bertz CT molecular complexity index is 1370. The largest absolute Gasteiger partial charge is 0.497 e. The molecule has 1 atom stereocenters. The lowest BCUT2D eigenvalue weighted by Gasteiger charge is -2.27. The van der Waals surface area contributed by atoms with Gasteiger partial charge in [0, 0.05) is 5.56 Å². The lowest BCUT2D eigenvalue weighted by Crippen LogP contribution is -2.41. The van der Waals surface area contributed by atoms with Crippen LogP contribution in [0.2, 0.25) is 5.02 Å². The number of benzene rings is 3. The van der Waals surface area contributed by atoms with Crippen LogP contribution in [-0.4, -0.2) is 35.1 Å². The number of ether oxygens (including phenoxy) is 2. The maximum Gasteiger partial charge on any atom is 0.416 e. The number of methoxy groups -OCH3 is 2. The van der Waals surface area contributed by atoms with Gasteiger partial charge in [0.2, 0.25) is 5.91 Å². The molecule has 0 aromatic heterocycles. The first kappa shape index (κ1) is 28.1. The Morgan fingerprint density at radius 1 is 1.03 bits per heavy atom. The van der Waals surface area contributed by atoms with Gasteiger partial charge in [0.15, 0.2) is 0 Å². The molecule has 0 spiro atoms. The first-order chi connectivity index (χ1) is 17.4. The Kier molecular flexibility index (Phi) is 8.60. The van der Waals surface area contributed by atoms with Crippen LogP contribution >= 0.6 is 11.6 Å². The van der Waals surface area contributed by atoms with Gasteiger partial charge in [-0.15, -0.1) is 0 Å². The van der Waals surface area contributed by atoms with Crippen LogP contribution in [0.1, 0.15) is 24.1 Å². The molecule has 12 heteroatoms. The Labute approximate surface area is 217 Å². The van der Waals surface area contributed by atoms with Gasteiger partial charge in [-0.25, -0.2) is 8.42 Å². The van der Waals surface area contributed by atoms with Crippen molar-refractivity contribution in [1.82, 2.24) is 5.32 Å². The number of carbonyl (C=O) groups excluding carboxylic acids is 1. The SMILES string of the molecule is COc1ccc(OC)c(C(C)NC(=O)CN(c2cc(C(F)(F)F)ccc2Cl)S(=O)(=O)c2ccccc2)c1. The lowest BCUT2D eigenvalue weighted by molar-refractivity contribution is -0.137. The molecule has 7 nitrogen and oxygen atoms in total.